The van der Waals surface area contributed by atoms with Crippen molar-refractivity contribution in [3.05, 3.63) is 71.9 Å². The molecule has 29 heavy (non-hydrogen) atoms. The number of benzene rings is 2. The number of aromatic nitrogens is 2. The number of sulfonamides is 1. The molecule has 0 N–H and O–H groups in total. The molecular formula is C21H23N3O4S. The summed E-state index contributed by atoms with van der Waals surface area (Å²) in [4.78, 5) is 0.287. The largest absolute Gasteiger partial charge is 0.484 e. The normalized spacial score (nSPS) is 15.3. The van der Waals surface area contributed by atoms with Crippen molar-refractivity contribution in [1.29, 1.82) is 0 Å². The van der Waals surface area contributed by atoms with Gasteiger partial charge in [-0.3, -0.25) is 0 Å². The molecule has 4 rings (SSSR count). The van der Waals surface area contributed by atoms with Crippen LogP contribution in [-0.4, -0.2) is 36.0 Å². The minimum absolute atomic E-state index is 0.125. The predicted molar refractivity (Wildman–Crippen MR) is 107 cm³/mol. The van der Waals surface area contributed by atoms with Gasteiger partial charge < -0.3 is 9.15 Å². The molecular weight excluding hydrogens is 390 g/mol. The number of hydrogen-bond donors (Lipinski definition) is 0. The topological polar surface area (TPSA) is 85.5 Å². The summed E-state index contributed by atoms with van der Waals surface area (Å²) in [5, 5.41) is 8.04. The molecule has 1 fully saturated rings. The SMILES string of the molecule is O=S(=O)(c1ccc(OCc2nnc(Cc3ccccc3)o2)cc1)N1CCCCC1. The average Bonchev–Trinajstić information content (AvgIpc) is 3.21. The number of nitrogens with zero attached hydrogens (tertiary/aromatic N) is 3. The molecule has 0 spiro atoms. The fourth-order valence-electron chi connectivity index (χ4n) is 3.30. The van der Waals surface area contributed by atoms with Crippen LogP contribution in [0.2, 0.25) is 0 Å². The zero-order valence-electron chi connectivity index (χ0n) is 16.0. The molecule has 152 valence electrons. The maximum absolute atomic E-state index is 12.7. The van der Waals surface area contributed by atoms with Crippen molar-refractivity contribution in [2.24, 2.45) is 0 Å². The molecule has 2 aromatic carbocycles. The third-order valence-electron chi connectivity index (χ3n) is 4.85. The standard InChI is InChI=1S/C21H23N3O4S/c25-29(26,24-13-5-2-6-14-24)19-11-9-18(10-12-19)27-16-21-23-22-20(28-21)15-17-7-3-1-4-8-17/h1,3-4,7-12H,2,5-6,13-16H2. The first kappa shape index (κ1) is 19.6. The van der Waals surface area contributed by atoms with Gasteiger partial charge in [0.2, 0.25) is 15.9 Å². The molecule has 0 saturated carbocycles. The van der Waals surface area contributed by atoms with E-state index < -0.39 is 10.0 Å². The molecule has 8 heteroatoms. The molecule has 0 aliphatic carbocycles. The molecule has 0 bridgehead atoms. The Hall–Kier alpha value is -2.71. The number of piperidine rings is 1. The van der Waals surface area contributed by atoms with E-state index in [1.807, 2.05) is 30.3 Å². The Morgan fingerprint density at radius 1 is 0.897 bits per heavy atom. The maximum Gasteiger partial charge on any atom is 0.253 e. The lowest BCUT2D eigenvalue weighted by Gasteiger charge is -2.25. The van der Waals surface area contributed by atoms with Gasteiger partial charge in [0, 0.05) is 13.1 Å². The number of hydrogen-bond acceptors (Lipinski definition) is 6. The van der Waals surface area contributed by atoms with Crippen molar-refractivity contribution >= 4 is 10.0 Å². The van der Waals surface area contributed by atoms with Gasteiger partial charge in [-0.15, -0.1) is 10.2 Å². The fourth-order valence-corrected chi connectivity index (χ4v) is 4.81. The summed E-state index contributed by atoms with van der Waals surface area (Å²) >= 11 is 0. The quantitative estimate of drug-likeness (QED) is 0.590. The van der Waals surface area contributed by atoms with E-state index >= 15 is 0 Å². The minimum Gasteiger partial charge on any atom is -0.484 e. The van der Waals surface area contributed by atoms with Crippen LogP contribution in [0.15, 0.2) is 63.9 Å². The molecule has 1 aromatic heterocycles. The molecule has 0 amide bonds. The van der Waals surface area contributed by atoms with Gasteiger partial charge in [0.05, 0.1) is 11.3 Å². The van der Waals surface area contributed by atoms with Crippen LogP contribution >= 0.6 is 0 Å². The smallest absolute Gasteiger partial charge is 0.253 e. The van der Waals surface area contributed by atoms with Crippen molar-refractivity contribution in [1.82, 2.24) is 14.5 Å². The van der Waals surface area contributed by atoms with Crippen LogP contribution in [0.1, 0.15) is 36.6 Å². The van der Waals surface area contributed by atoms with Gasteiger partial charge in [0.15, 0.2) is 6.61 Å². The van der Waals surface area contributed by atoms with E-state index in [2.05, 4.69) is 10.2 Å². The van der Waals surface area contributed by atoms with E-state index in [1.165, 1.54) is 0 Å². The van der Waals surface area contributed by atoms with E-state index in [1.54, 1.807) is 28.6 Å². The molecule has 7 nitrogen and oxygen atoms in total. The second-order valence-corrected chi connectivity index (χ2v) is 8.91. The summed E-state index contributed by atoms with van der Waals surface area (Å²) in [6.07, 6.45) is 3.48. The third kappa shape index (κ3) is 4.83. The Balaban J connectivity index is 1.35. The van der Waals surface area contributed by atoms with Crippen LogP contribution in [0.4, 0.5) is 0 Å². The van der Waals surface area contributed by atoms with E-state index in [0.717, 1.165) is 24.8 Å². The first-order chi connectivity index (χ1) is 14.1. The Morgan fingerprint density at radius 3 is 2.31 bits per heavy atom. The van der Waals surface area contributed by atoms with Gasteiger partial charge >= 0.3 is 0 Å². The fraction of sp³-hybridized carbons (Fsp3) is 0.333. The molecule has 1 aliphatic heterocycles. The highest BCUT2D eigenvalue weighted by Crippen LogP contribution is 2.23. The van der Waals surface area contributed by atoms with Crippen LogP contribution in [-0.2, 0) is 23.1 Å². The summed E-state index contributed by atoms with van der Waals surface area (Å²) in [5.41, 5.74) is 1.09. The van der Waals surface area contributed by atoms with Crippen LogP contribution in [0.25, 0.3) is 0 Å². The number of ether oxygens (including phenoxy) is 1. The summed E-state index contributed by atoms with van der Waals surface area (Å²) in [6, 6.07) is 16.3. The van der Waals surface area contributed by atoms with E-state index in [9.17, 15) is 8.42 Å². The van der Waals surface area contributed by atoms with Gasteiger partial charge in [-0.05, 0) is 42.7 Å². The summed E-state index contributed by atoms with van der Waals surface area (Å²) in [5.74, 6) is 1.45. The van der Waals surface area contributed by atoms with Crippen molar-refractivity contribution in [2.45, 2.75) is 37.2 Å². The van der Waals surface area contributed by atoms with Gasteiger partial charge in [-0.25, -0.2) is 8.42 Å². The second-order valence-electron chi connectivity index (χ2n) is 6.98. The molecule has 0 atom stereocenters. The molecule has 1 saturated heterocycles. The molecule has 1 aliphatic rings. The summed E-state index contributed by atoms with van der Waals surface area (Å²) in [6.45, 7) is 1.30. The van der Waals surface area contributed by atoms with Crippen LogP contribution in [0.3, 0.4) is 0 Å². The molecule has 3 aromatic rings. The molecule has 2 heterocycles. The minimum atomic E-state index is -3.44. The van der Waals surface area contributed by atoms with Gasteiger partial charge in [0.25, 0.3) is 5.89 Å². The zero-order valence-corrected chi connectivity index (χ0v) is 16.8. The van der Waals surface area contributed by atoms with Crippen molar-refractivity contribution in [2.75, 3.05) is 13.1 Å². The Bertz CT molecular complexity index is 1030. The van der Waals surface area contributed by atoms with Crippen molar-refractivity contribution < 1.29 is 17.6 Å². The lowest BCUT2D eigenvalue weighted by molar-refractivity contribution is 0.259. The second kappa shape index (κ2) is 8.75. The number of rotatable bonds is 7. The van der Waals surface area contributed by atoms with Gasteiger partial charge in [-0.2, -0.15) is 4.31 Å². The first-order valence-electron chi connectivity index (χ1n) is 9.69. The lowest BCUT2D eigenvalue weighted by Crippen LogP contribution is -2.35. The lowest BCUT2D eigenvalue weighted by atomic mass is 10.2. The molecule has 0 radical (unpaired) electrons. The highest BCUT2D eigenvalue weighted by atomic mass is 32.2. The highest BCUT2D eigenvalue weighted by Gasteiger charge is 2.25. The van der Waals surface area contributed by atoms with Crippen LogP contribution < -0.4 is 4.74 Å². The Morgan fingerprint density at radius 2 is 1.59 bits per heavy atom. The van der Waals surface area contributed by atoms with E-state index in [0.29, 0.717) is 37.0 Å². The summed E-state index contributed by atoms with van der Waals surface area (Å²) in [7, 11) is -3.44. The van der Waals surface area contributed by atoms with Crippen molar-refractivity contribution in [3.8, 4) is 5.75 Å². The van der Waals surface area contributed by atoms with Gasteiger partial charge in [-0.1, -0.05) is 36.8 Å². The maximum atomic E-state index is 12.7. The van der Waals surface area contributed by atoms with E-state index in [4.69, 9.17) is 9.15 Å². The van der Waals surface area contributed by atoms with Gasteiger partial charge in [0.1, 0.15) is 5.75 Å². The summed E-state index contributed by atoms with van der Waals surface area (Å²) < 4.78 is 38.2. The average molecular weight is 413 g/mol. The van der Waals surface area contributed by atoms with Crippen LogP contribution in [0.5, 0.6) is 5.75 Å². The van der Waals surface area contributed by atoms with Crippen LogP contribution in [0, 0.1) is 0 Å². The first-order valence-corrected chi connectivity index (χ1v) is 11.1. The monoisotopic (exact) mass is 413 g/mol. The van der Waals surface area contributed by atoms with E-state index in [-0.39, 0.29) is 11.5 Å². The zero-order chi connectivity index (χ0) is 20.1. The predicted octanol–water partition coefficient (Wildman–Crippen LogP) is 3.41. The Kier molecular flexibility index (Phi) is 5.92. The van der Waals surface area contributed by atoms with Crippen molar-refractivity contribution in [3.63, 3.8) is 0 Å². The highest BCUT2D eigenvalue weighted by molar-refractivity contribution is 7.89. The molecule has 0 unspecified atom stereocenters. The third-order valence-corrected chi connectivity index (χ3v) is 6.76. The Labute approximate surface area is 170 Å².